The predicted molar refractivity (Wildman–Crippen MR) is 116 cm³/mol. The number of nitrogens with zero attached hydrogens (tertiary/aromatic N) is 5. The summed E-state index contributed by atoms with van der Waals surface area (Å²) < 4.78 is 1.91. The van der Waals surface area contributed by atoms with Crippen LogP contribution in [0.25, 0.3) is 0 Å². The van der Waals surface area contributed by atoms with Gasteiger partial charge in [-0.2, -0.15) is 0 Å². The van der Waals surface area contributed by atoms with Gasteiger partial charge in [-0.25, -0.2) is 4.68 Å². The second-order valence-corrected chi connectivity index (χ2v) is 8.07. The zero-order valence-electron chi connectivity index (χ0n) is 17.6. The highest BCUT2D eigenvalue weighted by Gasteiger charge is 2.22. The number of carbonyl (C=O) groups excluding carboxylic acids is 1. The molecule has 0 atom stereocenters. The SMILES string of the molecule is CCC(=O)Cc1cccc(C2CCN(Cc3cn(Cc4ccccc4)nn3)CC2)n1. The molecule has 0 unspecified atom stereocenters. The summed E-state index contributed by atoms with van der Waals surface area (Å²) in [7, 11) is 0. The highest BCUT2D eigenvalue weighted by atomic mass is 16.1. The molecule has 6 nitrogen and oxygen atoms in total. The number of aromatic nitrogens is 4. The van der Waals surface area contributed by atoms with Crippen LogP contribution in [-0.4, -0.2) is 43.8 Å². The van der Waals surface area contributed by atoms with E-state index in [0.29, 0.717) is 18.8 Å². The summed E-state index contributed by atoms with van der Waals surface area (Å²) in [6.45, 7) is 5.53. The average Bonchev–Trinajstić information content (AvgIpc) is 3.21. The van der Waals surface area contributed by atoms with E-state index in [-0.39, 0.29) is 5.78 Å². The summed E-state index contributed by atoms with van der Waals surface area (Å²) in [5.41, 5.74) is 4.27. The normalized spacial score (nSPS) is 15.4. The van der Waals surface area contributed by atoms with Crippen molar-refractivity contribution in [1.29, 1.82) is 0 Å². The second-order valence-electron chi connectivity index (χ2n) is 8.07. The smallest absolute Gasteiger partial charge is 0.138 e. The van der Waals surface area contributed by atoms with Crippen molar-refractivity contribution in [3.8, 4) is 0 Å². The van der Waals surface area contributed by atoms with Crippen molar-refractivity contribution < 1.29 is 4.79 Å². The van der Waals surface area contributed by atoms with Gasteiger partial charge in [0.1, 0.15) is 5.78 Å². The highest BCUT2D eigenvalue weighted by molar-refractivity contribution is 5.80. The molecule has 0 radical (unpaired) electrons. The minimum atomic E-state index is 0.245. The molecule has 2 aromatic heterocycles. The van der Waals surface area contributed by atoms with Gasteiger partial charge in [0.25, 0.3) is 0 Å². The molecule has 3 aromatic rings. The molecular weight excluding hydrogens is 374 g/mol. The maximum absolute atomic E-state index is 11.7. The quantitative estimate of drug-likeness (QED) is 0.575. The molecule has 6 heteroatoms. The first-order valence-electron chi connectivity index (χ1n) is 10.8. The number of benzene rings is 1. The van der Waals surface area contributed by atoms with Crippen LogP contribution in [0.2, 0.25) is 0 Å². The van der Waals surface area contributed by atoms with Crippen molar-refractivity contribution in [1.82, 2.24) is 24.9 Å². The van der Waals surface area contributed by atoms with E-state index in [1.807, 2.05) is 41.9 Å². The molecule has 0 saturated carbocycles. The van der Waals surface area contributed by atoms with Gasteiger partial charge in [0.05, 0.1) is 18.4 Å². The first-order chi connectivity index (χ1) is 14.7. The van der Waals surface area contributed by atoms with Gasteiger partial charge in [-0.05, 0) is 43.6 Å². The van der Waals surface area contributed by atoms with Gasteiger partial charge in [-0.15, -0.1) is 5.10 Å². The zero-order chi connectivity index (χ0) is 20.8. The summed E-state index contributed by atoms with van der Waals surface area (Å²) in [5.74, 6) is 0.710. The van der Waals surface area contributed by atoms with Crippen molar-refractivity contribution in [3.05, 3.63) is 77.4 Å². The maximum atomic E-state index is 11.7. The van der Waals surface area contributed by atoms with Gasteiger partial charge in [0, 0.05) is 36.7 Å². The summed E-state index contributed by atoms with van der Waals surface area (Å²) in [6.07, 6.45) is 5.23. The van der Waals surface area contributed by atoms with Gasteiger partial charge in [0.15, 0.2) is 0 Å². The standard InChI is InChI=1S/C24H29N5O/c1-2-23(30)15-21-9-6-10-24(25-21)20-11-13-28(14-12-20)17-22-18-29(27-26-22)16-19-7-4-3-5-8-19/h3-10,18,20H,2,11-17H2,1H3. The fourth-order valence-corrected chi connectivity index (χ4v) is 4.03. The Morgan fingerprint density at radius 2 is 1.80 bits per heavy atom. The third kappa shape index (κ3) is 5.39. The topological polar surface area (TPSA) is 63.9 Å². The monoisotopic (exact) mass is 403 g/mol. The van der Waals surface area contributed by atoms with Crippen LogP contribution in [0.4, 0.5) is 0 Å². The molecule has 0 N–H and O–H groups in total. The van der Waals surface area contributed by atoms with Crippen LogP contribution in [0.3, 0.4) is 0 Å². The van der Waals surface area contributed by atoms with Crippen LogP contribution in [-0.2, 0) is 24.3 Å². The van der Waals surface area contributed by atoms with E-state index >= 15 is 0 Å². The van der Waals surface area contributed by atoms with E-state index in [2.05, 4.69) is 39.6 Å². The van der Waals surface area contributed by atoms with Gasteiger partial charge < -0.3 is 0 Å². The number of rotatable bonds is 8. The number of carbonyl (C=O) groups is 1. The minimum absolute atomic E-state index is 0.245. The molecule has 0 spiro atoms. The van der Waals surface area contributed by atoms with Crippen molar-refractivity contribution in [2.75, 3.05) is 13.1 Å². The largest absolute Gasteiger partial charge is 0.299 e. The fraction of sp³-hybridized carbons (Fsp3) is 0.417. The molecule has 0 amide bonds. The molecule has 30 heavy (non-hydrogen) atoms. The lowest BCUT2D eigenvalue weighted by molar-refractivity contribution is -0.118. The Morgan fingerprint density at radius 1 is 1.00 bits per heavy atom. The molecule has 1 aromatic carbocycles. The van der Waals surface area contributed by atoms with Gasteiger partial charge in [-0.1, -0.05) is 48.5 Å². The average molecular weight is 404 g/mol. The number of likely N-dealkylation sites (tertiary alicyclic amines) is 1. The Labute approximate surface area is 177 Å². The Balaban J connectivity index is 1.29. The first-order valence-corrected chi connectivity index (χ1v) is 10.8. The van der Waals surface area contributed by atoms with E-state index in [1.165, 1.54) is 5.56 Å². The van der Waals surface area contributed by atoms with Crippen LogP contribution in [0.15, 0.2) is 54.7 Å². The van der Waals surface area contributed by atoms with E-state index in [4.69, 9.17) is 4.98 Å². The van der Waals surface area contributed by atoms with Gasteiger partial charge in [-0.3, -0.25) is 14.7 Å². The lowest BCUT2D eigenvalue weighted by atomic mass is 9.92. The first kappa shape index (κ1) is 20.4. The van der Waals surface area contributed by atoms with Crippen molar-refractivity contribution in [2.45, 2.75) is 51.6 Å². The maximum Gasteiger partial charge on any atom is 0.138 e. The second kappa shape index (κ2) is 9.76. The van der Waals surface area contributed by atoms with Crippen LogP contribution < -0.4 is 0 Å². The Bertz CT molecular complexity index is 960. The van der Waals surface area contributed by atoms with Crippen LogP contribution in [0, 0.1) is 0 Å². The number of ketones is 1. The van der Waals surface area contributed by atoms with Crippen molar-refractivity contribution in [3.63, 3.8) is 0 Å². The lowest BCUT2D eigenvalue weighted by Crippen LogP contribution is -2.32. The van der Waals surface area contributed by atoms with Crippen LogP contribution in [0.1, 0.15) is 54.7 Å². The Hall–Kier alpha value is -2.86. The number of hydrogen-bond acceptors (Lipinski definition) is 5. The zero-order valence-corrected chi connectivity index (χ0v) is 17.6. The van der Waals surface area contributed by atoms with Crippen molar-refractivity contribution in [2.24, 2.45) is 0 Å². The predicted octanol–water partition coefficient (Wildman–Crippen LogP) is 3.62. The van der Waals surface area contributed by atoms with Gasteiger partial charge in [0.2, 0.25) is 0 Å². The molecule has 156 valence electrons. The molecular formula is C24H29N5O. The molecule has 1 fully saturated rings. The molecule has 1 aliphatic rings. The molecule has 1 saturated heterocycles. The summed E-state index contributed by atoms with van der Waals surface area (Å²) in [6, 6.07) is 16.4. The summed E-state index contributed by atoms with van der Waals surface area (Å²) in [4.78, 5) is 18.9. The fourth-order valence-electron chi connectivity index (χ4n) is 4.03. The molecule has 0 bridgehead atoms. The molecule has 3 heterocycles. The lowest BCUT2D eigenvalue weighted by Gasteiger charge is -2.31. The van der Waals surface area contributed by atoms with Crippen LogP contribution in [0.5, 0.6) is 0 Å². The van der Waals surface area contributed by atoms with E-state index in [1.54, 1.807) is 0 Å². The van der Waals surface area contributed by atoms with E-state index in [0.717, 1.165) is 56.1 Å². The van der Waals surface area contributed by atoms with E-state index < -0.39 is 0 Å². The number of Topliss-reactive ketones (excluding diaryl/α,β-unsaturated/α-hetero) is 1. The van der Waals surface area contributed by atoms with Crippen molar-refractivity contribution >= 4 is 5.78 Å². The van der Waals surface area contributed by atoms with E-state index in [9.17, 15) is 4.79 Å². The third-order valence-corrected chi connectivity index (χ3v) is 5.77. The molecule has 1 aliphatic heterocycles. The summed E-state index contributed by atoms with van der Waals surface area (Å²) in [5, 5.41) is 8.64. The Morgan fingerprint density at radius 3 is 2.57 bits per heavy atom. The molecule has 0 aliphatic carbocycles. The number of pyridine rings is 1. The summed E-state index contributed by atoms with van der Waals surface area (Å²) >= 11 is 0. The molecule has 4 rings (SSSR count). The number of piperidine rings is 1. The third-order valence-electron chi connectivity index (χ3n) is 5.77. The minimum Gasteiger partial charge on any atom is -0.299 e. The number of hydrogen-bond donors (Lipinski definition) is 0. The Kier molecular flexibility index (Phi) is 6.64. The highest BCUT2D eigenvalue weighted by Crippen LogP contribution is 2.27. The van der Waals surface area contributed by atoms with Crippen LogP contribution >= 0.6 is 0 Å². The van der Waals surface area contributed by atoms with Gasteiger partial charge >= 0.3 is 0 Å².